The standard InChI is InChI=1S/C14H20BrNO/c1-17-14-7-6-13(15)8-12(14)10-16-9-11-4-2-3-5-11/h6-8,11,16H,2-5,9-10H2,1H3. The van der Waals surface area contributed by atoms with Crippen molar-refractivity contribution in [3.63, 3.8) is 0 Å². The molecule has 1 N–H and O–H groups in total. The van der Waals surface area contributed by atoms with Crippen molar-refractivity contribution in [3.05, 3.63) is 28.2 Å². The topological polar surface area (TPSA) is 21.3 Å². The molecular weight excluding hydrogens is 278 g/mol. The van der Waals surface area contributed by atoms with Crippen LogP contribution in [0.2, 0.25) is 0 Å². The van der Waals surface area contributed by atoms with Crippen LogP contribution in [0.4, 0.5) is 0 Å². The minimum Gasteiger partial charge on any atom is -0.496 e. The van der Waals surface area contributed by atoms with Crippen LogP contribution >= 0.6 is 15.9 Å². The second-order valence-corrected chi connectivity index (χ2v) is 5.65. The van der Waals surface area contributed by atoms with Crippen molar-refractivity contribution >= 4 is 15.9 Å². The lowest BCUT2D eigenvalue weighted by Crippen LogP contribution is -2.21. The monoisotopic (exact) mass is 297 g/mol. The van der Waals surface area contributed by atoms with Crippen molar-refractivity contribution < 1.29 is 4.74 Å². The minimum absolute atomic E-state index is 0.883. The molecule has 0 amide bonds. The molecule has 1 aromatic rings. The Hall–Kier alpha value is -0.540. The average molecular weight is 298 g/mol. The molecule has 17 heavy (non-hydrogen) atoms. The molecule has 0 radical (unpaired) electrons. The molecule has 3 heteroatoms. The van der Waals surface area contributed by atoms with Gasteiger partial charge in [-0.05, 0) is 43.5 Å². The average Bonchev–Trinajstić information content (AvgIpc) is 2.82. The molecule has 0 heterocycles. The number of halogens is 1. The third-order valence-electron chi connectivity index (χ3n) is 3.47. The molecule has 1 aromatic carbocycles. The molecule has 0 atom stereocenters. The van der Waals surface area contributed by atoms with Crippen LogP contribution in [0.15, 0.2) is 22.7 Å². The van der Waals surface area contributed by atoms with Crippen molar-refractivity contribution in [1.82, 2.24) is 5.32 Å². The lowest BCUT2D eigenvalue weighted by molar-refractivity contribution is 0.405. The zero-order chi connectivity index (χ0) is 12.1. The van der Waals surface area contributed by atoms with Crippen LogP contribution in [0, 0.1) is 5.92 Å². The predicted octanol–water partition coefficient (Wildman–Crippen LogP) is 3.74. The quantitative estimate of drug-likeness (QED) is 0.894. The maximum Gasteiger partial charge on any atom is 0.123 e. The summed E-state index contributed by atoms with van der Waals surface area (Å²) in [7, 11) is 1.73. The van der Waals surface area contributed by atoms with Gasteiger partial charge in [0, 0.05) is 16.6 Å². The molecule has 0 aromatic heterocycles. The first kappa shape index (κ1) is 12.9. The summed E-state index contributed by atoms with van der Waals surface area (Å²) in [6.45, 7) is 2.02. The fraction of sp³-hybridized carbons (Fsp3) is 0.571. The van der Waals surface area contributed by atoms with Crippen LogP contribution < -0.4 is 10.1 Å². The summed E-state index contributed by atoms with van der Waals surface area (Å²) in [5, 5.41) is 3.54. The zero-order valence-corrected chi connectivity index (χ0v) is 11.9. The minimum atomic E-state index is 0.883. The summed E-state index contributed by atoms with van der Waals surface area (Å²) in [4.78, 5) is 0. The molecule has 1 fully saturated rings. The van der Waals surface area contributed by atoms with E-state index >= 15 is 0 Å². The summed E-state index contributed by atoms with van der Waals surface area (Å²) in [6, 6.07) is 6.15. The van der Waals surface area contributed by atoms with E-state index in [1.54, 1.807) is 7.11 Å². The van der Waals surface area contributed by atoms with E-state index in [1.807, 2.05) is 12.1 Å². The van der Waals surface area contributed by atoms with E-state index in [2.05, 4.69) is 27.3 Å². The number of benzene rings is 1. The highest BCUT2D eigenvalue weighted by Gasteiger charge is 2.14. The molecule has 1 aliphatic rings. The fourth-order valence-electron chi connectivity index (χ4n) is 2.51. The van der Waals surface area contributed by atoms with Gasteiger partial charge in [0.2, 0.25) is 0 Å². The van der Waals surface area contributed by atoms with Gasteiger partial charge in [-0.15, -0.1) is 0 Å². The Bertz CT molecular complexity index is 361. The number of ether oxygens (including phenoxy) is 1. The predicted molar refractivity (Wildman–Crippen MR) is 74.4 cm³/mol. The van der Waals surface area contributed by atoms with Crippen molar-refractivity contribution in [2.75, 3.05) is 13.7 Å². The lowest BCUT2D eigenvalue weighted by Gasteiger charge is -2.13. The van der Waals surface area contributed by atoms with Gasteiger partial charge in [0.25, 0.3) is 0 Å². The van der Waals surface area contributed by atoms with Gasteiger partial charge < -0.3 is 10.1 Å². The van der Waals surface area contributed by atoms with Gasteiger partial charge >= 0.3 is 0 Å². The molecule has 1 saturated carbocycles. The summed E-state index contributed by atoms with van der Waals surface area (Å²) >= 11 is 3.50. The van der Waals surface area contributed by atoms with Gasteiger partial charge in [-0.1, -0.05) is 28.8 Å². The lowest BCUT2D eigenvalue weighted by atomic mass is 10.1. The van der Waals surface area contributed by atoms with Gasteiger partial charge in [0.15, 0.2) is 0 Å². The first-order chi connectivity index (χ1) is 8.29. The van der Waals surface area contributed by atoms with E-state index in [0.717, 1.165) is 29.2 Å². The number of nitrogens with one attached hydrogen (secondary N) is 1. The van der Waals surface area contributed by atoms with E-state index in [1.165, 1.54) is 31.2 Å². The summed E-state index contributed by atoms with van der Waals surface area (Å²) in [5.41, 5.74) is 1.22. The number of hydrogen-bond donors (Lipinski definition) is 1. The first-order valence-electron chi connectivity index (χ1n) is 6.32. The van der Waals surface area contributed by atoms with E-state index in [-0.39, 0.29) is 0 Å². The maximum absolute atomic E-state index is 5.36. The summed E-state index contributed by atoms with van der Waals surface area (Å²) in [6.07, 6.45) is 5.60. The molecule has 0 bridgehead atoms. The largest absolute Gasteiger partial charge is 0.496 e. The highest BCUT2D eigenvalue weighted by atomic mass is 79.9. The zero-order valence-electron chi connectivity index (χ0n) is 10.3. The van der Waals surface area contributed by atoms with Gasteiger partial charge in [0.05, 0.1) is 7.11 Å². The first-order valence-corrected chi connectivity index (χ1v) is 7.12. The second-order valence-electron chi connectivity index (χ2n) is 4.74. The molecule has 1 aliphatic carbocycles. The fourth-order valence-corrected chi connectivity index (χ4v) is 2.92. The Balaban J connectivity index is 1.86. The van der Waals surface area contributed by atoms with Crippen LogP contribution in [-0.2, 0) is 6.54 Å². The van der Waals surface area contributed by atoms with E-state index in [4.69, 9.17) is 4.74 Å². The Morgan fingerprint density at radius 1 is 1.35 bits per heavy atom. The Kier molecular flexibility index (Phi) is 4.86. The molecule has 2 nitrogen and oxygen atoms in total. The molecule has 0 spiro atoms. The molecular formula is C14H20BrNO. The number of methoxy groups -OCH3 is 1. The van der Waals surface area contributed by atoms with Crippen LogP contribution in [0.5, 0.6) is 5.75 Å². The Morgan fingerprint density at radius 3 is 2.82 bits per heavy atom. The third-order valence-corrected chi connectivity index (χ3v) is 3.96. The number of hydrogen-bond acceptors (Lipinski definition) is 2. The Labute approximate surface area is 112 Å². The molecule has 0 saturated heterocycles. The van der Waals surface area contributed by atoms with Crippen molar-refractivity contribution in [2.45, 2.75) is 32.2 Å². The SMILES string of the molecule is COc1ccc(Br)cc1CNCC1CCCC1. The van der Waals surface area contributed by atoms with Gasteiger partial charge in [-0.25, -0.2) is 0 Å². The van der Waals surface area contributed by atoms with E-state index < -0.39 is 0 Å². The normalized spacial score (nSPS) is 16.4. The van der Waals surface area contributed by atoms with Crippen molar-refractivity contribution in [3.8, 4) is 5.75 Å². The van der Waals surface area contributed by atoms with Crippen molar-refractivity contribution in [1.29, 1.82) is 0 Å². The smallest absolute Gasteiger partial charge is 0.123 e. The number of rotatable bonds is 5. The van der Waals surface area contributed by atoms with Gasteiger partial charge in [0.1, 0.15) is 5.75 Å². The van der Waals surface area contributed by atoms with Crippen LogP contribution in [0.1, 0.15) is 31.2 Å². The van der Waals surface area contributed by atoms with Gasteiger partial charge in [-0.3, -0.25) is 0 Å². The second kappa shape index (κ2) is 6.41. The molecule has 94 valence electrons. The summed E-state index contributed by atoms with van der Waals surface area (Å²) < 4.78 is 6.47. The van der Waals surface area contributed by atoms with Crippen LogP contribution in [0.3, 0.4) is 0 Å². The molecule has 2 rings (SSSR count). The maximum atomic E-state index is 5.36. The highest BCUT2D eigenvalue weighted by Crippen LogP contribution is 2.25. The van der Waals surface area contributed by atoms with Gasteiger partial charge in [-0.2, -0.15) is 0 Å². The van der Waals surface area contributed by atoms with Crippen LogP contribution in [0.25, 0.3) is 0 Å². The van der Waals surface area contributed by atoms with Crippen molar-refractivity contribution in [2.24, 2.45) is 5.92 Å². The van der Waals surface area contributed by atoms with Crippen LogP contribution in [-0.4, -0.2) is 13.7 Å². The van der Waals surface area contributed by atoms with E-state index in [0.29, 0.717) is 0 Å². The third kappa shape index (κ3) is 3.71. The summed E-state index contributed by atoms with van der Waals surface area (Å²) in [5.74, 6) is 1.85. The molecule has 0 aliphatic heterocycles. The highest BCUT2D eigenvalue weighted by molar-refractivity contribution is 9.10. The Morgan fingerprint density at radius 2 is 2.12 bits per heavy atom. The molecule has 0 unspecified atom stereocenters. The van der Waals surface area contributed by atoms with E-state index in [9.17, 15) is 0 Å².